The van der Waals surface area contributed by atoms with Crippen LogP contribution in [0.1, 0.15) is 19.3 Å². The van der Waals surface area contributed by atoms with Gasteiger partial charge in [0, 0.05) is 20.2 Å². The lowest BCUT2D eigenvalue weighted by Gasteiger charge is -2.26. The molecular formula is C9H18N2O3S2. The highest BCUT2D eigenvalue weighted by Crippen LogP contribution is 2.14. The van der Waals surface area contributed by atoms with Crippen LogP contribution in [0.5, 0.6) is 0 Å². The van der Waals surface area contributed by atoms with Crippen LogP contribution >= 0.6 is 12.2 Å². The molecule has 0 aliphatic carbocycles. The third-order valence-electron chi connectivity index (χ3n) is 2.53. The minimum atomic E-state index is -3.37. The summed E-state index contributed by atoms with van der Waals surface area (Å²) < 4.78 is 30.2. The molecule has 1 fully saturated rings. The predicted molar refractivity (Wildman–Crippen MR) is 66.8 cm³/mol. The summed E-state index contributed by atoms with van der Waals surface area (Å²) >= 11 is 4.61. The van der Waals surface area contributed by atoms with E-state index in [0.29, 0.717) is 13.2 Å². The highest BCUT2D eigenvalue weighted by molar-refractivity contribution is 7.92. The van der Waals surface area contributed by atoms with E-state index in [0.717, 1.165) is 19.3 Å². The first-order chi connectivity index (χ1) is 7.42. The van der Waals surface area contributed by atoms with Crippen LogP contribution in [0.3, 0.4) is 0 Å². The maximum absolute atomic E-state index is 11.7. The van der Waals surface area contributed by atoms with Crippen molar-refractivity contribution >= 4 is 27.2 Å². The second-order valence-electron chi connectivity index (χ2n) is 3.99. The third kappa shape index (κ3) is 4.32. The topological polar surface area (TPSA) is 72.6 Å². The molecule has 1 aliphatic heterocycles. The lowest BCUT2D eigenvalue weighted by molar-refractivity contribution is 0.00863. The first-order valence-corrected chi connectivity index (χ1v) is 7.27. The van der Waals surface area contributed by atoms with Crippen molar-refractivity contribution in [3.8, 4) is 0 Å². The lowest BCUT2D eigenvalue weighted by atomic mass is 10.1. The molecule has 1 heterocycles. The van der Waals surface area contributed by atoms with E-state index in [1.165, 1.54) is 11.4 Å². The molecule has 0 amide bonds. The molecule has 94 valence electrons. The Bertz CT molecular complexity index is 337. The van der Waals surface area contributed by atoms with Gasteiger partial charge in [0.25, 0.3) is 0 Å². The van der Waals surface area contributed by atoms with Crippen LogP contribution in [0.2, 0.25) is 0 Å². The first-order valence-electron chi connectivity index (χ1n) is 5.26. The quantitative estimate of drug-likeness (QED) is 0.715. The molecule has 0 bridgehead atoms. The normalized spacial score (nSPS) is 22.2. The molecule has 16 heavy (non-hydrogen) atoms. The molecule has 1 atom stereocenters. The number of rotatable bonds is 5. The van der Waals surface area contributed by atoms with E-state index in [9.17, 15) is 8.42 Å². The van der Waals surface area contributed by atoms with Crippen molar-refractivity contribution in [3.63, 3.8) is 0 Å². The largest absolute Gasteiger partial charge is 0.392 e. The fourth-order valence-electron chi connectivity index (χ4n) is 1.64. The number of sulfonamides is 1. The SMILES string of the molecule is CN(CC1CCCCO1)S(=O)(=O)CC(N)=S. The number of ether oxygens (including phenoxy) is 1. The maximum atomic E-state index is 11.7. The van der Waals surface area contributed by atoms with Crippen molar-refractivity contribution in [2.75, 3.05) is 26.0 Å². The van der Waals surface area contributed by atoms with E-state index in [-0.39, 0.29) is 16.8 Å². The summed E-state index contributed by atoms with van der Waals surface area (Å²) in [7, 11) is -1.84. The minimum absolute atomic E-state index is 0.000120. The van der Waals surface area contributed by atoms with Gasteiger partial charge in [0.1, 0.15) is 5.75 Å². The molecule has 0 radical (unpaired) electrons. The van der Waals surface area contributed by atoms with Gasteiger partial charge in [-0.3, -0.25) is 0 Å². The van der Waals surface area contributed by atoms with Gasteiger partial charge in [0.05, 0.1) is 11.1 Å². The highest BCUT2D eigenvalue weighted by Gasteiger charge is 2.23. The van der Waals surface area contributed by atoms with Crippen molar-refractivity contribution in [3.05, 3.63) is 0 Å². The molecule has 1 unspecified atom stereocenters. The summed E-state index contributed by atoms with van der Waals surface area (Å²) in [5, 5.41) is 0. The lowest BCUT2D eigenvalue weighted by Crippen LogP contribution is -2.40. The Morgan fingerprint density at radius 1 is 1.56 bits per heavy atom. The average molecular weight is 266 g/mol. The Labute approximate surface area is 102 Å². The molecule has 0 aromatic heterocycles. The third-order valence-corrected chi connectivity index (χ3v) is 4.64. The van der Waals surface area contributed by atoms with Crippen LogP contribution in [-0.4, -0.2) is 49.8 Å². The summed E-state index contributed by atoms with van der Waals surface area (Å²) in [5.74, 6) is -0.272. The first kappa shape index (κ1) is 13.8. The maximum Gasteiger partial charge on any atom is 0.220 e. The molecule has 5 nitrogen and oxygen atoms in total. The van der Waals surface area contributed by atoms with Gasteiger partial charge in [-0.25, -0.2) is 12.7 Å². The molecule has 1 saturated heterocycles. The zero-order chi connectivity index (χ0) is 12.2. The molecular weight excluding hydrogens is 248 g/mol. The van der Waals surface area contributed by atoms with Gasteiger partial charge < -0.3 is 10.5 Å². The van der Waals surface area contributed by atoms with E-state index in [1.807, 2.05) is 0 Å². The van der Waals surface area contributed by atoms with E-state index in [2.05, 4.69) is 12.2 Å². The molecule has 7 heteroatoms. The summed E-state index contributed by atoms with van der Waals surface area (Å²) in [6.07, 6.45) is 3.06. The Balaban J connectivity index is 2.49. The second-order valence-corrected chi connectivity index (χ2v) is 6.59. The molecule has 0 aromatic rings. The van der Waals surface area contributed by atoms with Crippen molar-refractivity contribution in [2.24, 2.45) is 5.73 Å². The number of thiocarbonyl (C=S) groups is 1. The van der Waals surface area contributed by atoms with Crippen molar-refractivity contribution in [1.82, 2.24) is 4.31 Å². The van der Waals surface area contributed by atoms with Crippen molar-refractivity contribution in [2.45, 2.75) is 25.4 Å². The number of hydrogen-bond donors (Lipinski definition) is 1. The van der Waals surface area contributed by atoms with Crippen molar-refractivity contribution in [1.29, 1.82) is 0 Å². The molecule has 2 N–H and O–H groups in total. The van der Waals surface area contributed by atoms with E-state index in [1.54, 1.807) is 0 Å². The summed E-state index contributed by atoms with van der Waals surface area (Å²) in [5.41, 5.74) is 5.24. The molecule has 0 spiro atoms. The number of hydrogen-bond acceptors (Lipinski definition) is 4. The van der Waals surface area contributed by atoms with Gasteiger partial charge in [0.15, 0.2) is 0 Å². The Kier molecular flexibility index (Phi) is 5.10. The van der Waals surface area contributed by atoms with Gasteiger partial charge in [0.2, 0.25) is 10.0 Å². The molecule has 1 aliphatic rings. The Morgan fingerprint density at radius 3 is 2.75 bits per heavy atom. The molecule has 1 rings (SSSR count). The molecule has 0 saturated carbocycles. The fraction of sp³-hybridized carbons (Fsp3) is 0.889. The monoisotopic (exact) mass is 266 g/mol. The molecule has 0 aromatic carbocycles. The van der Waals surface area contributed by atoms with Crippen molar-refractivity contribution < 1.29 is 13.2 Å². The summed E-state index contributed by atoms with van der Waals surface area (Å²) in [6, 6.07) is 0. The minimum Gasteiger partial charge on any atom is -0.392 e. The van der Waals surface area contributed by atoms with Gasteiger partial charge in [-0.05, 0) is 19.3 Å². The van der Waals surface area contributed by atoms with Crippen LogP contribution < -0.4 is 5.73 Å². The van der Waals surface area contributed by atoms with Gasteiger partial charge in [-0.15, -0.1) is 0 Å². The van der Waals surface area contributed by atoms with Crippen LogP contribution in [-0.2, 0) is 14.8 Å². The van der Waals surface area contributed by atoms with Crippen LogP contribution in [0.25, 0.3) is 0 Å². The van der Waals surface area contributed by atoms with Crippen LogP contribution in [0, 0.1) is 0 Å². The smallest absolute Gasteiger partial charge is 0.220 e. The van der Waals surface area contributed by atoms with E-state index in [4.69, 9.17) is 10.5 Å². The fourth-order valence-corrected chi connectivity index (χ4v) is 3.06. The standard InChI is InChI=1S/C9H18N2O3S2/c1-11(16(12,13)7-9(10)15)6-8-4-2-3-5-14-8/h8H,2-7H2,1H3,(H2,10,15). The number of nitrogens with zero attached hydrogens (tertiary/aromatic N) is 1. The van der Waals surface area contributed by atoms with Gasteiger partial charge in [-0.1, -0.05) is 12.2 Å². The second kappa shape index (κ2) is 5.90. The van der Waals surface area contributed by atoms with E-state index >= 15 is 0 Å². The van der Waals surface area contributed by atoms with Crippen LogP contribution in [0.15, 0.2) is 0 Å². The summed E-state index contributed by atoms with van der Waals surface area (Å²) in [4.78, 5) is -0.00332. The van der Waals surface area contributed by atoms with Gasteiger partial charge >= 0.3 is 0 Å². The predicted octanol–water partition coefficient (Wildman–Crippen LogP) is 0.103. The number of likely N-dealkylation sites (N-methyl/N-ethyl adjacent to an activating group) is 1. The van der Waals surface area contributed by atoms with Crippen LogP contribution in [0.4, 0.5) is 0 Å². The zero-order valence-electron chi connectivity index (χ0n) is 9.39. The zero-order valence-corrected chi connectivity index (χ0v) is 11.0. The van der Waals surface area contributed by atoms with Gasteiger partial charge in [-0.2, -0.15) is 0 Å². The number of nitrogens with two attached hydrogens (primary N) is 1. The highest BCUT2D eigenvalue weighted by atomic mass is 32.2. The summed E-state index contributed by atoms with van der Waals surface area (Å²) in [6.45, 7) is 1.10. The Morgan fingerprint density at radius 2 is 2.25 bits per heavy atom. The Hall–Kier alpha value is -0.240. The van der Waals surface area contributed by atoms with E-state index < -0.39 is 10.0 Å². The average Bonchev–Trinajstić information content (AvgIpc) is 2.17.